The van der Waals surface area contributed by atoms with Gasteiger partial charge in [0.15, 0.2) is 0 Å². The molecule has 0 heterocycles. The van der Waals surface area contributed by atoms with E-state index in [0.717, 1.165) is 0 Å². The van der Waals surface area contributed by atoms with Crippen LogP contribution in [0.1, 0.15) is 13.3 Å². The Morgan fingerprint density at radius 1 is 1.40 bits per heavy atom. The Bertz CT molecular complexity index is 588. The van der Waals surface area contributed by atoms with Crippen molar-refractivity contribution in [3.05, 3.63) is 18.2 Å². The molecule has 2 atom stereocenters. The van der Waals surface area contributed by atoms with Gasteiger partial charge in [-0.15, -0.1) is 0 Å². The molecule has 6 nitrogen and oxygen atoms in total. The third kappa shape index (κ3) is 4.46. The standard InChI is InChI=1S/C12H21N3O3S2/c1-9(19(3)16)6-7-15-12-8-10(4-5-11(12)13)20(17,18)14-2/h4-5,8-9,14-15H,6-7,13H2,1-3H3. The second-order valence-corrected chi connectivity index (χ2v) is 8.17. The van der Waals surface area contributed by atoms with Crippen molar-refractivity contribution in [2.45, 2.75) is 23.5 Å². The lowest BCUT2D eigenvalue weighted by molar-refractivity contribution is 0.588. The van der Waals surface area contributed by atoms with Crippen LogP contribution in [0.15, 0.2) is 23.1 Å². The van der Waals surface area contributed by atoms with Gasteiger partial charge in [-0.25, -0.2) is 13.1 Å². The molecule has 8 heteroatoms. The van der Waals surface area contributed by atoms with Crippen LogP contribution in [0.3, 0.4) is 0 Å². The third-order valence-electron chi connectivity index (χ3n) is 3.04. The number of anilines is 2. The number of hydrogen-bond donors (Lipinski definition) is 3. The molecule has 0 aliphatic carbocycles. The molecular weight excluding hydrogens is 298 g/mol. The predicted molar refractivity (Wildman–Crippen MR) is 83.7 cm³/mol. The number of sulfonamides is 1. The Balaban J connectivity index is 2.80. The van der Waals surface area contributed by atoms with Crippen molar-refractivity contribution < 1.29 is 12.6 Å². The van der Waals surface area contributed by atoms with Gasteiger partial charge in [0.2, 0.25) is 10.0 Å². The van der Waals surface area contributed by atoms with Gasteiger partial charge < -0.3 is 11.1 Å². The SMILES string of the molecule is CNS(=O)(=O)c1ccc(N)c(NCCC(C)S(C)=O)c1. The smallest absolute Gasteiger partial charge is 0.240 e. The van der Waals surface area contributed by atoms with Crippen LogP contribution < -0.4 is 15.8 Å². The van der Waals surface area contributed by atoms with Gasteiger partial charge in [-0.3, -0.25) is 4.21 Å². The van der Waals surface area contributed by atoms with Crippen LogP contribution in [-0.2, 0) is 20.8 Å². The molecule has 0 aliphatic rings. The highest BCUT2D eigenvalue weighted by Gasteiger charge is 2.13. The van der Waals surface area contributed by atoms with Gasteiger partial charge >= 0.3 is 0 Å². The van der Waals surface area contributed by atoms with E-state index in [4.69, 9.17) is 5.73 Å². The van der Waals surface area contributed by atoms with E-state index < -0.39 is 20.8 Å². The quantitative estimate of drug-likeness (QED) is 0.644. The van der Waals surface area contributed by atoms with Crippen molar-refractivity contribution in [3.8, 4) is 0 Å². The second-order valence-electron chi connectivity index (χ2n) is 4.48. The van der Waals surface area contributed by atoms with Crippen molar-refractivity contribution in [1.82, 2.24) is 4.72 Å². The summed E-state index contributed by atoms with van der Waals surface area (Å²) in [7, 11) is -3.00. The van der Waals surface area contributed by atoms with Crippen LogP contribution in [0.4, 0.5) is 11.4 Å². The summed E-state index contributed by atoms with van der Waals surface area (Å²) in [4.78, 5) is 0.156. The van der Waals surface area contributed by atoms with E-state index in [-0.39, 0.29) is 10.1 Å². The fraction of sp³-hybridized carbons (Fsp3) is 0.500. The molecule has 4 N–H and O–H groups in total. The minimum absolute atomic E-state index is 0.0768. The molecule has 1 aromatic rings. The Morgan fingerprint density at radius 2 is 2.05 bits per heavy atom. The molecule has 1 aromatic carbocycles. The van der Waals surface area contributed by atoms with Gasteiger partial charge in [0.05, 0.1) is 16.3 Å². The van der Waals surface area contributed by atoms with Crippen LogP contribution >= 0.6 is 0 Å². The average Bonchev–Trinajstić information content (AvgIpc) is 2.40. The van der Waals surface area contributed by atoms with E-state index in [0.29, 0.717) is 24.3 Å². The van der Waals surface area contributed by atoms with Crippen molar-refractivity contribution in [3.63, 3.8) is 0 Å². The van der Waals surface area contributed by atoms with E-state index in [9.17, 15) is 12.6 Å². The molecule has 0 saturated heterocycles. The molecule has 0 amide bonds. The van der Waals surface area contributed by atoms with Gasteiger partial charge in [-0.05, 0) is 31.7 Å². The topological polar surface area (TPSA) is 101 Å². The van der Waals surface area contributed by atoms with E-state index >= 15 is 0 Å². The van der Waals surface area contributed by atoms with Gasteiger partial charge in [-0.1, -0.05) is 6.92 Å². The molecule has 2 unspecified atom stereocenters. The molecule has 0 aromatic heterocycles. The molecule has 0 spiro atoms. The van der Waals surface area contributed by atoms with Crippen molar-refractivity contribution in [2.24, 2.45) is 0 Å². The fourth-order valence-corrected chi connectivity index (χ4v) is 2.76. The lowest BCUT2D eigenvalue weighted by Gasteiger charge is -2.13. The summed E-state index contributed by atoms with van der Waals surface area (Å²) in [5, 5.41) is 3.16. The Kier molecular flexibility index (Phi) is 5.97. The van der Waals surface area contributed by atoms with Gasteiger partial charge in [-0.2, -0.15) is 0 Å². The Labute approximate surface area is 122 Å². The first-order valence-electron chi connectivity index (χ1n) is 6.17. The van der Waals surface area contributed by atoms with Crippen LogP contribution in [0.2, 0.25) is 0 Å². The summed E-state index contributed by atoms with van der Waals surface area (Å²) in [5.74, 6) is 0. The minimum Gasteiger partial charge on any atom is -0.397 e. The zero-order chi connectivity index (χ0) is 15.3. The molecule has 0 radical (unpaired) electrons. The zero-order valence-electron chi connectivity index (χ0n) is 11.8. The molecule has 20 heavy (non-hydrogen) atoms. The van der Waals surface area contributed by atoms with Crippen LogP contribution in [-0.4, -0.2) is 37.7 Å². The summed E-state index contributed by atoms with van der Waals surface area (Å²) < 4.78 is 36.9. The molecular formula is C12H21N3O3S2. The highest BCUT2D eigenvalue weighted by Crippen LogP contribution is 2.22. The monoisotopic (exact) mass is 319 g/mol. The lowest BCUT2D eigenvalue weighted by atomic mass is 10.2. The molecule has 0 saturated carbocycles. The van der Waals surface area contributed by atoms with Gasteiger partial charge in [0.25, 0.3) is 0 Å². The largest absolute Gasteiger partial charge is 0.397 e. The van der Waals surface area contributed by atoms with Gasteiger partial charge in [0, 0.05) is 28.9 Å². The maximum atomic E-state index is 11.7. The Morgan fingerprint density at radius 3 is 2.60 bits per heavy atom. The first-order valence-corrected chi connectivity index (χ1v) is 9.27. The summed E-state index contributed by atoms with van der Waals surface area (Å²) >= 11 is 0. The number of nitrogens with one attached hydrogen (secondary N) is 2. The number of nitrogens with two attached hydrogens (primary N) is 1. The number of rotatable bonds is 7. The fourth-order valence-electron chi connectivity index (χ4n) is 1.55. The average molecular weight is 319 g/mol. The van der Waals surface area contributed by atoms with Gasteiger partial charge in [0.1, 0.15) is 0 Å². The zero-order valence-corrected chi connectivity index (χ0v) is 13.5. The predicted octanol–water partition coefficient (Wildman–Crippen LogP) is 0.746. The first-order chi connectivity index (χ1) is 9.27. The highest BCUT2D eigenvalue weighted by atomic mass is 32.2. The minimum atomic E-state index is -3.49. The molecule has 1 rings (SSSR count). The summed E-state index contributed by atoms with van der Waals surface area (Å²) in [6.45, 7) is 2.48. The highest BCUT2D eigenvalue weighted by molar-refractivity contribution is 7.89. The van der Waals surface area contributed by atoms with E-state index in [2.05, 4.69) is 10.0 Å². The third-order valence-corrected chi connectivity index (χ3v) is 5.82. The first kappa shape index (κ1) is 16.9. The lowest BCUT2D eigenvalue weighted by Crippen LogP contribution is -2.19. The van der Waals surface area contributed by atoms with Crippen molar-refractivity contribution >= 4 is 32.2 Å². The number of benzene rings is 1. The normalized spacial score (nSPS) is 14.8. The molecule has 0 bridgehead atoms. The molecule has 114 valence electrons. The van der Waals surface area contributed by atoms with E-state index in [1.165, 1.54) is 19.2 Å². The van der Waals surface area contributed by atoms with Crippen molar-refractivity contribution in [1.29, 1.82) is 0 Å². The second kappa shape index (κ2) is 7.05. The van der Waals surface area contributed by atoms with E-state index in [1.807, 2.05) is 6.92 Å². The molecule has 0 fully saturated rings. The number of hydrogen-bond acceptors (Lipinski definition) is 5. The summed E-state index contributed by atoms with van der Waals surface area (Å²) in [5.41, 5.74) is 6.86. The van der Waals surface area contributed by atoms with E-state index in [1.54, 1.807) is 12.3 Å². The maximum Gasteiger partial charge on any atom is 0.240 e. The maximum absolute atomic E-state index is 11.7. The van der Waals surface area contributed by atoms with Crippen molar-refractivity contribution in [2.75, 3.05) is 30.9 Å². The van der Waals surface area contributed by atoms with Crippen LogP contribution in [0.25, 0.3) is 0 Å². The summed E-state index contributed by atoms with van der Waals surface area (Å²) in [6.07, 6.45) is 2.38. The number of nitrogen functional groups attached to an aromatic ring is 1. The van der Waals surface area contributed by atoms with Crippen LogP contribution in [0, 0.1) is 0 Å². The molecule has 0 aliphatic heterocycles. The van der Waals surface area contributed by atoms with Crippen LogP contribution in [0.5, 0.6) is 0 Å². The summed E-state index contributed by atoms with van der Waals surface area (Å²) in [6, 6.07) is 4.50. The Hall–Kier alpha value is -1.12.